The summed E-state index contributed by atoms with van der Waals surface area (Å²) in [5, 5.41) is 2.66. The summed E-state index contributed by atoms with van der Waals surface area (Å²) in [6, 6.07) is 8.46. The summed E-state index contributed by atoms with van der Waals surface area (Å²) in [5.74, 6) is -0.814. The van der Waals surface area contributed by atoms with E-state index in [1.54, 1.807) is 19.1 Å². The number of benzene rings is 2. The first kappa shape index (κ1) is 21.6. The number of methoxy groups -OCH3 is 2. The topological polar surface area (TPSA) is 84.9 Å². The number of likely N-dealkylation sites (N-methyl/N-ethyl adjacent to an activating group) is 1. The number of carbonyl (C=O) groups is 1. The molecule has 0 aliphatic carbocycles. The number of carbonyl (C=O) groups excluding carboxylic acids is 1. The van der Waals surface area contributed by atoms with Gasteiger partial charge in [0.2, 0.25) is 15.9 Å². The SMILES string of the molecule is CCN(CC(=O)Nc1cc(C)ccc1OC)S(=O)(=O)c1cc(F)ccc1OC. The fourth-order valence-corrected chi connectivity index (χ4v) is 4.20. The first-order chi connectivity index (χ1) is 13.2. The van der Waals surface area contributed by atoms with E-state index in [2.05, 4.69) is 5.32 Å². The maximum atomic E-state index is 13.6. The molecule has 1 N–H and O–H groups in total. The smallest absolute Gasteiger partial charge is 0.247 e. The Morgan fingerprint density at radius 1 is 1.11 bits per heavy atom. The largest absolute Gasteiger partial charge is 0.495 e. The van der Waals surface area contributed by atoms with E-state index < -0.39 is 28.3 Å². The Bertz CT molecular complexity index is 963. The average molecular weight is 410 g/mol. The summed E-state index contributed by atoms with van der Waals surface area (Å²) in [5.41, 5.74) is 1.34. The van der Waals surface area contributed by atoms with E-state index in [0.717, 1.165) is 22.0 Å². The van der Waals surface area contributed by atoms with Crippen LogP contribution in [0.5, 0.6) is 11.5 Å². The van der Waals surface area contributed by atoms with Crippen LogP contribution in [-0.2, 0) is 14.8 Å². The molecule has 2 rings (SSSR count). The summed E-state index contributed by atoms with van der Waals surface area (Å²) in [4.78, 5) is 12.1. The molecule has 2 aromatic rings. The fourth-order valence-electron chi connectivity index (χ4n) is 2.63. The first-order valence-corrected chi connectivity index (χ1v) is 9.95. The van der Waals surface area contributed by atoms with E-state index in [1.165, 1.54) is 20.3 Å². The van der Waals surface area contributed by atoms with Gasteiger partial charge in [-0.2, -0.15) is 4.31 Å². The maximum Gasteiger partial charge on any atom is 0.247 e. The lowest BCUT2D eigenvalue weighted by Gasteiger charge is -2.21. The molecule has 152 valence electrons. The van der Waals surface area contributed by atoms with E-state index >= 15 is 0 Å². The average Bonchev–Trinajstić information content (AvgIpc) is 2.66. The summed E-state index contributed by atoms with van der Waals surface area (Å²) in [7, 11) is -1.39. The Morgan fingerprint density at radius 3 is 2.36 bits per heavy atom. The van der Waals surface area contributed by atoms with E-state index in [9.17, 15) is 17.6 Å². The van der Waals surface area contributed by atoms with Gasteiger partial charge in [0.25, 0.3) is 0 Å². The van der Waals surface area contributed by atoms with Crippen molar-refractivity contribution in [2.75, 3.05) is 32.6 Å². The second-order valence-corrected chi connectivity index (χ2v) is 7.88. The summed E-state index contributed by atoms with van der Waals surface area (Å²) in [6.45, 7) is 3.01. The lowest BCUT2D eigenvalue weighted by Crippen LogP contribution is -2.38. The molecule has 7 nitrogen and oxygen atoms in total. The molecule has 9 heteroatoms. The quantitative estimate of drug-likeness (QED) is 0.723. The van der Waals surface area contributed by atoms with Crippen molar-refractivity contribution in [3.63, 3.8) is 0 Å². The standard InChI is InChI=1S/C19H23FN2O5S/c1-5-22(28(24,25)18-11-14(20)7-9-17(18)27-4)12-19(23)21-15-10-13(2)6-8-16(15)26-3/h6-11H,5,12H2,1-4H3,(H,21,23). The van der Waals surface area contributed by atoms with Crippen LogP contribution < -0.4 is 14.8 Å². The van der Waals surface area contributed by atoms with E-state index in [-0.39, 0.29) is 17.2 Å². The van der Waals surface area contributed by atoms with Gasteiger partial charge in [-0.3, -0.25) is 4.79 Å². The van der Waals surface area contributed by atoms with E-state index in [0.29, 0.717) is 11.4 Å². The number of ether oxygens (including phenoxy) is 2. The van der Waals surface area contributed by atoms with Gasteiger partial charge in [-0.25, -0.2) is 12.8 Å². The van der Waals surface area contributed by atoms with Crippen molar-refractivity contribution in [3.05, 3.63) is 47.8 Å². The van der Waals surface area contributed by atoms with Crippen molar-refractivity contribution in [2.45, 2.75) is 18.7 Å². The van der Waals surface area contributed by atoms with Gasteiger partial charge in [0.15, 0.2) is 0 Å². The Labute approximate surface area is 164 Å². The highest BCUT2D eigenvalue weighted by atomic mass is 32.2. The highest BCUT2D eigenvalue weighted by Crippen LogP contribution is 2.28. The number of nitrogens with one attached hydrogen (secondary N) is 1. The third kappa shape index (κ3) is 4.79. The zero-order valence-electron chi connectivity index (χ0n) is 16.2. The van der Waals surface area contributed by atoms with Gasteiger partial charge in [-0.1, -0.05) is 13.0 Å². The van der Waals surface area contributed by atoms with Gasteiger partial charge < -0.3 is 14.8 Å². The van der Waals surface area contributed by atoms with Gasteiger partial charge >= 0.3 is 0 Å². The number of rotatable bonds is 8. The van der Waals surface area contributed by atoms with Crippen molar-refractivity contribution in [2.24, 2.45) is 0 Å². The molecule has 0 fully saturated rings. The van der Waals surface area contributed by atoms with Crippen molar-refractivity contribution < 1.29 is 27.1 Å². The first-order valence-electron chi connectivity index (χ1n) is 8.51. The zero-order chi connectivity index (χ0) is 20.9. The second-order valence-electron chi connectivity index (χ2n) is 5.98. The zero-order valence-corrected chi connectivity index (χ0v) is 17.0. The van der Waals surface area contributed by atoms with Crippen LogP contribution in [0.4, 0.5) is 10.1 Å². The van der Waals surface area contributed by atoms with E-state index in [1.807, 2.05) is 13.0 Å². The third-order valence-corrected chi connectivity index (χ3v) is 5.99. The van der Waals surface area contributed by atoms with Gasteiger partial charge in [0, 0.05) is 6.54 Å². The number of hydrogen-bond acceptors (Lipinski definition) is 5. The van der Waals surface area contributed by atoms with E-state index in [4.69, 9.17) is 9.47 Å². The highest BCUT2D eigenvalue weighted by molar-refractivity contribution is 7.89. The molecule has 0 saturated heterocycles. The Morgan fingerprint density at radius 2 is 1.75 bits per heavy atom. The number of amides is 1. The molecule has 0 radical (unpaired) electrons. The molecule has 1 amide bonds. The van der Waals surface area contributed by atoms with Crippen molar-refractivity contribution in [1.29, 1.82) is 0 Å². The van der Waals surface area contributed by atoms with Crippen LogP contribution in [0.1, 0.15) is 12.5 Å². The number of aryl methyl sites for hydroxylation is 1. The minimum absolute atomic E-state index is 0.000566. The van der Waals surface area contributed by atoms with Crippen LogP contribution in [0.3, 0.4) is 0 Å². The molecular formula is C19H23FN2O5S. The fraction of sp³-hybridized carbons (Fsp3) is 0.316. The van der Waals surface area contributed by atoms with Gasteiger partial charge in [0.1, 0.15) is 22.2 Å². The molecule has 0 aliphatic rings. The molecule has 2 aromatic carbocycles. The number of hydrogen-bond donors (Lipinski definition) is 1. The van der Waals surface area contributed by atoms with Gasteiger partial charge in [0.05, 0.1) is 26.5 Å². The monoisotopic (exact) mass is 410 g/mol. The number of nitrogens with zero attached hydrogens (tertiary/aromatic N) is 1. The molecule has 0 aromatic heterocycles. The Hall–Kier alpha value is -2.65. The van der Waals surface area contributed by atoms with Crippen LogP contribution in [0, 0.1) is 12.7 Å². The lowest BCUT2D eigenvalue weighted by atomic mass is 10.2. The molecule has 0 saturated carbocycles. The van der Waals surface area contributed by atoms with Crippen molar-refractivity contribution in [3.8, 4) is 11.5 Å². The molecule has 0 spiro atoms. The maximum absolute atomic E-state index is 13.6. The molecule has 0 aliphatic heterocycles. The minimum atomic E-state index is -4.15. The summed E-state index contributed by atoms with van der Waals surface area (Å²) >= 11 is 0. The molecular weight excluding hydrogens is 387 g/mol. The van der Waals surface area contributed by atoms with Crippen molar-refractivity contribution >= 4 is 21.6 Å². The Kier molecular flexibility index (Phi) is 6.98. The summed E-state index contributed by atoms with van der Waals surface area (Å²) in [6.07, 6.45) is 0. The third-order valence-electron chi connectivity index (χ3n) is 4.05. The highest BCUT2D eigenvalue weighted by Gasteiger charge is 2.29. The number of halogens is 1. The second kappa shape index (κ2) is 9.03. The van der Waals surface area contributed by atoms with Crippen LogP contribution in [0.15, 0.2) is 41.3 Å². The molecule has 0 unspecified atom stereocenters. The van der Waals surface area contributed by atoms with Crippen LogP contribution in [0.25, 0.3) is 0 Å². The predicted molar refractivity (Wildman–Crippen MR) is 104 cm³/mol. The van der Waals surface area contributed by atoms with Gasteiger partial charge in [-0.15, -0.1) is 0 Å². The number of sulfonamides is 1. The summed E-state index contributed by atoms with van der Waals surface area (Å²) < 4.78 is 50.7. The van der Waals surface area contributed by atoms with Crippen molar-refractivity contribution in [1.82, 2.24) is 4.31 Å². The minimum Gasteiger partial charge on any atom is -0.495 e. The molecule has 28 heavy (non-hydrogen) atoms. The van der Waals surface area contributed by atoms with Crippen LogP contribution >= 0.6 is 0 Å². The normalized spacial score (nSPS) is 11.4. The van der Waals surface area contributed by atoms with Gasteiger partial charge in [-0.05, 0) is 42.8 Å². The molecule has 0 atom stereocenters. The van der Waals surface area contributed by atoms with Crippen LogP contribution in [0.2, 0.25) is 0 Å². The molecule has 0 heterocycles. The molecule has 0 bridgehead atoms. The predicted octanol–water partition coefficient (Wildman–Crippen LogP) is 2.80. The Balaban J connectivity index is 2.27. The lowest BCUT2D eigenvalue weighted by molar-refractivity contribution is -0.116. The van der Waals surface area contributed by atoms with Crippen LogP contribution in [-0.4, -0.2) is 45.9 Å². The number of anilines is 1.